The fourth-order valence-electron chi connectivity index (χ4n) is 2.40. The molecule has 1 aromatic carbocycles. The fraction of sp³-hybridized carbons (Fsp3) is 0.571. The second kappa shape index (κ2) is 7.08. The van der Waals surface area contributed by atoms with Gasteiger partial charge in [-0.25, -0.2) is 4.39 Å². The first-order valence-corrected chi connectivity index (χ1v) is 6.49. The summed E-state index contributed by atoms with van der Waals surface area (Å²) in [4.78, 5) is 2.27. The normalized spacial score (nSPS) is 23.2. The molecule has 1 aliphatic heterocycles. The van der Waals surface area contributed by atoms with Crippen LogP contribution >= 0.6 is 12.4 Å². The van der Waals surface area contributed by atoms with Crippen LogP contribution in [0, 0.1) is 11.7 Å². The van der Waals surface area contributed by atoms with Crippen molar-refractivity contribution in [3.8, 4) is 5.75 Å². The highest BCUT2D eigenvalue weighted by Crippen LogP contribution is 2.21. The average molecular weight is 289 g/mol. The van der Waals surface area contributed by atoms with Gasteiger partial charge in [0.15, 0.2) is 11.6 Å². The smallest absolute Gasteiger partial charge is 0.165 e. The van der Waals surface area contributed by atoms with Crippen molar-refractivity contribution >= 4 is 12.4 Å². The minimum absolute atomic E-state index is 0. The number of hydrogen-bond acceptors (Lipinski definition) is 3. The van der Waals surface area contributed by atoms with E-state index in [0.29, 0.717) is 18.3 Å². The average Bonchev–Trinajstić information content (AvgIpc) is 2.62. The lowest BCUT2D eigenvalue weighted by Crippen LogP contribution is -2.28. The number of likely N-dealkylation sites (tertiary alicyclic amines) is 1. The molecule has 108 valence electrons. The van der Waals surface area contributed by atoms with Gasteiger partial charge in [0, 0.05) is 25.7 Å². The van der Waals surface area contributed by atoms with Crippen LogP contribution in [0.3, 0.4) is 0 Å². The summed E-state index contributed by atoms with van der Waals surface area (Å²) >= 11 is 0. The number of rotatable bonds is 4. The quantitative estimate of drug-likeness (QED) is 0.925. The maximum absolute atomic E-state index is 13.7. The number of hydrogen-bond donors (Lipinski definition) is 1. The number of halogens is 2. The first-order valence-electron chi connectivity index (χ1n) is 6.49. The van der Waals surface area contributed by atoms with E-state index in [0.717, 1.165) is 25.2 Å². The van der Waals surface area contributed by atoms with Gasteiger partial charge in [0.2, 0.25) is 0 Å². The Kier molecular flexibility index (Phi) is 6.04. The Labute approximate surface area is 120 Å². The van der Waals surface area contributed by atoms with Crippen LogP contribution in [0.2, 0.25) is 0 Å². The lowest BCUT2D eigenvalue weighted by atomic mass is 10.1. The second-order valence-electron chi connectivity index (χ2n) is 5.03. The molecule has 1 saturated heterocycles. The van der Waals surface area contributed by atoms with Gasteiger partial charge in [-0.2, -0.15) is 0 Å². The molecule has 2 N–H and O–H groups in total. The van der Waals surface area contributed by atoms with E-state index >= 15 is 0 Å². The predicted octanol–water partition coefficient (Wildman–Crippen LogP) is 2.43. The summed E-state index contributed by atoms with van der Waals surface area (Å²) in [6, 6.07) is 5.41. The Morgan fingerprint density at radius 1 is 1.42 bits per heavy atom. The van der Waals surface area contributed by atoms with E-state index in [2.05, 4.69) is 11.8 Å². The third-order valence-corrected chi connectivity index (χ3v) is 3.45. The Hall–Kier alpha value is -0.840. The molecule has 1 aliphatic rings. The van der Waals surface area contributed by atoms with E-state index in [4.69, 9.17) is 10.5 Å². The predicted molar refractivity (Wildman–Crippen MR) is 77.2 cm³/mol. The van der Waals surface area contributed by atoms with Crippen molar-refractivity contribution in [2.45, 2.75) is 26.4 Å². The molecule has 19 heavy (non-hydrogen) atoms. The van der Waals surface area contributed by atoms with Crippen LogP contribution < -0.4 is 10.5 Å². The zero-order valence-corrected chi connectivity index (χ0v) is 12.3. The Bertz CT molecular complexity index is 406. The van der Waals surface area contributed by atoms with Crippen molar-refractivity contribution in [1.29, 1.82) is 0 Å². The van der Waals surface area contributed by atoms with Crippen LogP contribution in [0.15, 0.2) is 18.2 Å². The zero-order valence-electron chi connectivity index (χ0n) is 11.4. The van der Waals surface area contributed by atoms with Gasteiger partial charge in [0.25, 0.3) is 0 Å². The summed E-state index contributed by atoms with van der Waals surface area (Å²) in [5, 5.41) is 0. The minimum atomic E-state index is -0.286. The third-order valence-electron chi connectivity index (χ3n) is 3.45. The Morgan fingerprint density at radius 2 is 2.16 bits per heavy atom. The third kappa shape index (κ3) is 4.06. The summed E-state index contributed by atoms with van der Waals surface area (Å²) in [6.45, 7) is 7.10. The van der Waals surface area contributed by atoms with Crippen LogP contribution in [-0.4, -0.2) is 30.6 Å². The molecule has 2 unspecified atom stereocenters. The van der Waals surface area contributed by atoms with Crippen LogP contribution in [0.25, 0.3) is 0 Å². The van der Waals surface area contributed by atoms with E-state index in [1.54, 1.807) is 12.1 Å². The topological polar surface area (TPSA) is 38.5 Å². The van der Waals surface area contributed by atoms with E-state index in [1.807, 2.05) is 13.0 Å². The molecule has 0 bridgehead atoms. The highest BCUT2D eigenvalue weighted by molar-refractivity contribution is 5.85. The van der Waals surface area contributed by atoms with Gasteiger partial charge in [-0.05, 0) is 30.5 Å². The lowest BCUT2D eigenvalue weighted by molar-refractivity contribution is 0.312. The Balaban J connectivity index is 0.00000180. The molecule has 0 aromatic heterocycles. The molecule has 1 aromatic rings. The summed E-state index contributed by atoms with van der Waals surface area (Å²) in [7, 11) is 0. The molecule has 3 nitrogen and oxygen atoms in total. The van der Waals surface area contributed by atoms with Gasteiger partial charge >= 0.3 is 0 Å². The first-order chi connectivity index (χ1) is 8.60. The van der Waals surface area contributed by atoms with Gasteiger partial charge in [0.1, 0.15) is 0 Å². The van der Waals surface area contributed by atoms with Gasteiger partial charge in [-0.1, -0.05) is 13.0 Å². The van der Waals surface area contributed by atoms with Crippen molar-refractivity contribution in [2.75, 3.05) is 19.7 Å². The number of benzene rings is 1. The van der Waals surface area contributed by atoms with Crippen LogP contribution in [-0.2, 0) is 6.54 Å². The van der Waals surface area contributed by atoms with Crippen molar-refractivity contribution in [3.63, 3.8) is 0 Å². The van der Waals surface area contributed by atoms with Crippen molar-refractivity contribution in [3.05, 3.63) is 29.6 Å². The molecular formula is C14H22ClFN2O. The van der Waals surface area contributed by atoms with Gasteiger partial charge in [0.05, 0.1) is 6.61 Å². The summed E-state index contributed by atoms with van der Waals surface area (Å²) in [6.07, 6.45) is 0. The molecule has 2 atom stereocenters. The highest BCUT2D eigenvalue weighted by atomic mass is 35.5. The maximum atomic E-state index is 13.7. The summed E-state index contributed by atoms with van der Waals surface area (Å²) in [5.74, 6) is 0.552. The molecule has 1 heterocycles. The van der Waals surface area contributed by atoms with Crippen LogP contribution in [0.4, 0.5) is 4.39 Å². The van der Waals surface area contributed by atoms with Crippen LogP contribution in [0.5, 0.6) is 5.75 Å². The first kappa shape index (κ1) is 16.2. The molecule has 1 fully saturated rings. The lowest BCUT2D eigenvalue weighted by Gasteiger charge is -2.15. The molecule has 0 spiro atoms. The molecule has 5 heteroatoms. The fourth-order valence-corrected chi connectivity index (χ4v) is 2.40. The zero-order chi connectivity index (χ0) is 13.1. The maximum Gasteiger partial charge on any atom is 0.165 e. The van der Waals surface area contributed by atoms with Crippen LogP contribution in [0.1, 0.15) is 19.4 Å². The highest BCUT2D eigenvalue weighted by Gasteiger charge is 2.26. The summed E-state index contributed by atoms with van der Waals surface area (Å²) < 4.78 is 18.9. The van der Waals surface area contributed by atoms with Crippen molar-refractivity contribution in [2.24, 2.45) is 11.7 Å². The van der Waals surface area contributed by atoms with Crippen molar-refractivity contribution in [1.82, 2.24) is 4.90 Å². The molecule has 2 rings (SSSR count). The molecule has 0 amide bonds. The number of ether oxygens (including phenoxy) is 1. The van der Waals surface area contributed by atoms with Crippen molar-refractivity contribution < 1.29 is 9.13 Å². The van der Waals surface area contributed by atoms with E-state index in [9.17, 15) is 4.39 Å². The molecule has 0 saturated carbocycles. The second-order valence-corrected chi connectivity index (χ2v) is 5.03. The van der Waals surface area contributed by atoms with Gasteiger partial charge < -0.3 is 10.5 Å². The van der Waals surface area contributed by atoms with E-state index < -0.39 is 0 Å². The summed E-state index contributed by atoms with van der Waals surface area (Å²) in [5.41, 5.74) is 6.95. The molecule has 0 aliphatic carbocycles. The van der Waals surface area contributed by atoms with E-state index in [1.165, 1.54) is 0 Å². The molecule has 0 radical (unpaired) electrons. The Morgan fingerprint density at radius 3 is 2.68 bits per heavy atom. The monoisotopic (exact) mass is 288 g/mol. The van der Waals surface area contributed by atoms with Gasteiger partial charge in [-0.15, -0.1) is 12.4 Å². The van der Waals surface area contributed by atoms with Gasteiger partial charge in [-0.3, -0.25) is 4.90 Å². The number of nitrogens with two attached hydrogens (primary N) is 1. The largest absolute Gasteiger partial charge is 0.491 e. The van der Waals surface area contributed by atoms with E-state index in [-0.39, 0.29) is 24.3 Å². The minimum Gasteiger partial charge on any atom is -0.491 e. The standard InChI is InChI=1S/C14H21FN2O.ClH/c1-3-18-14-5-4-11(6-12(14)15)8-17-7-10(2)13(16)9-17;/h4-6,10,13H,3,7-9,16H2,1-2H3;1H. The number of nitrogens with zero attached hydrogens (tertiary/aromatic N) is 1. The molecular weight excluding hydrogens is 267 g/mol. The SMILES string of the molecule is CCOc1ccc(CN2CC(C)C(N)C2)cc1F.Cl.